The number of hydrogen-bond acceptors (Lipinski definition) is 3. The van der Waals surface area contributed by atoms with Gasteiger partial charge in [0.15, 0.2) is 0 Å². The Labute approximate surface area is 221 Å². The first-order chi connectivity index (χ1) is 16.9. The van der Waals surface area contributed by atoms with E-state index in [0.717, 1.165) is 67.4 Å². The smallest absolute Gasteiger partial charge is 0.416 e. The molecule has 0 radical (unpaired) electrons. The van der Waals surface area contributed by atoms with Crippen molar-refractivity contribution in [2.75, 3.05) is 26.7 Å². The quantitative estimate of drug-likeness (QED) is 0.498. The molecular formula is C29H37F3N2O4. The van der Waals surface area contributed by atoms with Gasteiger partial charge >= 0.3 is 6.18 Å². The average Bonchev–Trinajstić information content (AvgIpc) is 2.88. The summed E-state index contributed by atoms with van der Waals surface area (Å²) in [6.07, 6.45) is -1.34. The highest BCUT2D eigenvalue weighted by Gasteiger charge is 2.46. The zero-order valence-electron chi connectivity index (χ0n) is 21.4. The standard InChI is InChI=1S/C29H31F3N2O.3H2O/c1-35-27-12-5-3-8-23(27)19-33-28(20-34-15-13-24(28)14-16-34)18-22-7-2-4-11-26(22)21-9-6-10-25(17-21)29(30,31)32;;;/h2-12,17,24,33H,13-16,18-20H2,1H3;3*1H2. The van der Waals surface area contributed by atoms with Crippen molar-refractivity contribution in [3.63, 3.8) is 0 Å². The summed E-state index contributed by atoms with van der Waals surface area (Å²) in [6.45, 7) is 3.83. The van der Waals surface area contributed by atoms with Crippen LogP contribution in [-0.2, 0) is 19.1 Å². The summed E-state index contributed by atoms with van der Waals surface area (Å²) in [6, 6.07) is 21.6. The van der Waals surface area contributed by atoms with Crippen LogP contribution in [0.5, 0.6) is 5.75 Å². The Morgan fingerprint density at radius 2 is 1.55 bits per heavy atom. The molecular weight excluding hydrogens is 497 g/mol. The predicted molar refractivity (Wildman–Crippen MR) is 143 cm³/mol. The van der Waals surface area contributed by atoms with Crippen molar-refractivity contribution in [1.82, 2.24) is 10.2 Å². The fraction of sp³-hybridized carbons (Fsp3) is 0.379. The first kappa shape index (κ1) is 31.3. The monoisotopic (exact) mass is 534 g/mol. The number of halogens is 3. The third-order valence-electron chi connectivity index (χ3n) is 7.72. The van der Waals surface area contributed by atoms with E-state index in [-0.39, 0.29) is 22.0 Å². The Balaban J connectivity index is 0.00000169. The Bertz CT molecular complexity index is 1180. The molecule has 0 saturated carbocycles. The molecule has 7 N–H and O–H groups in total. The summed E-state index contributed by atoms with van der Waals surface area (Å²) < 4.78 is 45.8. The number of alkyl halides is 3. The molecule has 208 valence electrons. The van der Waals surface area contributed by atoms with Gasteiger partial charge in [0.25, 0.3) is 0 Å². The van der Waals surface area contributed by atoms with E-state index in [0.29, 0.717) is 18.0 Å². The van der Waals surface area contributed by atoms with Gasteiger partial charge in [0.1, 0.15) is 5.75 Å². The van der Waals surface area contributed by atoms with E-state index in [4.69, 9.17) is 4.74 Å². The van der Waals surface area contributed by atoms with Crippen LogP contribution in [0.1, 0.15) is 29.5 Å². The molecule has 3 fully saturated rings. The van der Waals surface area contributed by atoms with E-state index in [9.17, 15) is 13.2 Å². The summed E-state index contributed by atoms with van der Waals surface area (Å²) in [5.41, 5.74) is 2.89. The minimum atomic E-state index is -4.36. The summed E-state index contributed by atoms with van der Waals surface area (Å²) in [4.78, 5) is 2.52. The third-order valence-corrected chi connectivity index (χ3v) is 7.72. The van der Waals surface area contributed by atoms with Crippen LogP contribution < -0.4 is 10.1 Å². The Morgan fingerprint density at radius 1 is 0.895 bits per heavy atom. The van der Waals surface area contributed by atoms with Gasteiger partial charge in [0.2, 0.25) is 0 Å². The van der Waals surface area contributed by atoms with Gasteiger partial charge in [-0.2, -0.15) is 13.2 Å². The van der Waals surface area contributed by atoms with Crippen LogP contribution in [0.25, 0.3) is 11.1 Å². The lowest BCUT2D eigenvalue weighted by molar-refractivity contribution is -0.137. The van der Waals surface area contributed by atoms with Gasteiger partial charge in [0, 0.05) is 24.2 Å². The van der Waals surface area contributed by atoms with Crippen LogP contribution in [-0.4, -0.2) is 53.6 Å². The topological polar surface area (TPSA) is 119 Å². The molecule has 6 nitrogen and oxygen atoms in total. The number of methoxy groups -OCH3 is 1. The fourth-order valence-electron chi connectivity index (χ4n) is 5.91. The molecule has 9 heteroatoms. The zero-order chi connectivity index (χ0) is 24.5. The van der Waals surface area contributed by atoms with Gasteiger partial charge in [0.05, 0.1) is 12.7 Å². The van der Waals surface area contributed by atoms with Gasteiger partial charge < -0.3 is 31.4 Å². The van der Waals surface area contributed by atoms with Crippen LogP contribution in [0, 0.1) is 5.92 Å². The maximum atomic E-state index is 13.4. The maximum Gasteiger partial charge on any atom is 0.416 e. The van der Waals surface area contributed by atoms with Gasteiger partial charge in [-0.1, -0.05) is 54.6 Å². The largest absolute Gasteiger partial charge is 0.496 e. The Kier molecular flexibility index (Phi) is 10.5. The molecule has 3 aliphatic heterocycles. The second kappa shape index (κ2) is 12.7. The van der Waals surface area contributed by atoms with Crippen molar-refractivity contribution in [3.8, 4) is 16.9 Å². The van der Waals surface area contributed by atoms with Crippen LogP contribution >= 0.6 is 0 Å². The van der Waals surface area contributed by atoms with E-state index in [2.05, 4.69) is 22.3 Å². The molecule has 1 unspecified atom stereocenters. The lowest BCUT2D eigenvalue weighted by atomic mass is 9.69. The normalized spacial score (nSPS) is 22.0. The third kappa shape index (κ3) is 6.36. The minimum Gasteiger partial charge on any atom is -0.496 e. The second-order valence-electron chi connectivity index (χ2n) is 9.78. The van der Waals surface area contributed by atoms with E-state index < -0.39 is 11.7 Å². The lowest BCUT2D eigenvalue weighted by Gasteiger charge is -2.54. The first-order valence-electron chi connectivity index (χ1n) is 12.2. The van der Waals surface area contributed by atoms with Crippen LogP contribution in [0.4, 0.5) is 13.2 Å². The average molecular weight is 535 g/mol. The molecule has 2 bridgehead atoms. The highest BCUT2D eigenvalue weighted by Crippen LogP contribution is 2.40. The summed E-state index contributed by atoms with van der Waals surface area (Å²) in [5, 5.41) is 3.92. The van der Waals surface area contributed by atoms with E-state index in [1.165, 1.54) is 12.1 Å². The molecule has 1 atom stereocenters. The summed E-state index contributed by atoms with van der Waals surface area (Å²) >= 11 is 0. The van der Waals surface area contributed by atoms with Crippen molar-refractivity contribution >= 4 is 0 Å². The number of hydrogen-bond donors (Lipinski definition) is 1. The number of ether oxygens (including phenoxy) is 1. The molecule has 3 heterocycles. The number of rotatable bonds is 7. The van der Waals surface area contributed by atoms with E-state index in [1.807, 2.05) is 36.4 Å². The molecule has 6 rings (SSSR count). The SMILES string of the molecule is COc1ccccc1CNC1(Cc2ccccc2-c2cccc(C(F)(F)F)c2)CN2CCC1CC2.O.O.O. The number of fused-ring (bicyclic) bond motifs is 3. The first-order valence-corrected chi connectivity index (χ1v) is 12.2. The zero-order valence-corrected chi connectivity index (χ0v) is 21.4. The molecule has 3 aromatic carbocycles. The van der Waals surface area contributed by atoms with Gasteiger partial charge in [-0.15, -0.1) is 0 Å². The van der Waals surface area contributed by atoms with Crippen molar-refractivity contribution in [3.05, 3.63) is 89.5 Å². The molecule has 0 aliphatic carbocycles. The number of para-hydroxylation sites is 1. The number of benzene rings is 3. The fourth-order valence-corrected chi connectivity index (χ4v) is 5.91. The molecule has 0 amide bonds. The summed E-state index contributed by atoms with van der Waals surface area (Å²) in [7, 11) is 1.69. The lowest BCUT2D eigenvalue weighted by Crippen LogP contribution is -2.66. The number of piperidine rings is 3. The van der Waals surface area contributed by atoms with Gasteiger partial charge in [-0.05, 0) is 73.2 Å². The van der Waals surface area contributed by atoms with Crippen LogP contribution in [0.2, 0.25) is 0 Å². The molecule has 3 saturated heterocycles. The van der Waals surface area contributed by atoms with Crippen molar-refractivity contribution in [1.29, 1.82) is 0 Å². The Hall–Kier alpha value is -2.95. The predicted octanol–water partition coefficient (Wildman–Crippen LogP) is 3.70. The highest BCUT2D eigenvalue weighted by atomic mass is 19.4. The molecule has 0 spiro atoms. The minimum absolute atomic E-state index is 0. The maximum absolute atomic E-state index is 13.4. The van der Waals surface area contributed by atoms with Crippen molar-refractivity contribution < 1.29 is 34.3 Å². The van der Waals surface area contributed by atoms with Crippen LogP contribution in [0.3, 0.4) is 0 Å². The van der Waals surface area contributed by atoms with Crippen molar-refractivity contribution in [2.45, 2.75) is 37.5 Å². The molecule has 3 aromatic rings. The molecule has 38 heavy (non-hydrogen) atoms. The van der Waals surface area contributed by atoms with Crippen molar-refractivity contribution in [2.24, 2.45) is 5.92 Å². The summed E-state index contributed by atoms with van der Waals surface area (Å²) in [5.74, 6) is 1.37. The Morgan fingerprint density at radius 3 is 2.18 bits per heavy atom. The van der Waals surface area contributed by atoms with E-state index in [1.54, 1.807) is 13.2 Å². The van der Waals surface area contributed by atoms with Crippen LogP contribution in [0.15, 0.2) is 72.8 Å². The second-order valence-corrected chi connectivity index (χ2v) is 9.78. The van der Waals surface area contributed by atoms with Gasteiger partial charge in [-0.25, -0.2) is 0 Å². The number of nitrogens with one attached hydrogen (secondary N) is 1. The van der Waals surface area contributed by atoms with Gasteiger partial charge in [-0.3, -0.25) is 0 Å². The highest BCUT2D eigenvalue weighted by molar-refractivity contribution is 5.68. The molecule has 0 aromatic heterocycles. The number of nitrogens with zero attached hydrogens (tertiary/aromatic N) is 1. The molecule has 3 aliphatic rings. The van der Waals surface area contributed by atoms with E-state index >= 15 is 0 Å².